The Balaban J connectivity index is 1.62. The molecule has 2 aromatic carbocycles. The standard InChI is InChI=1S/C20H20ClN3O3/c1-12-7-13(2)9-15(8-12)24-11-14(10-18(24)25)19(26)22-23-20(27)16-5-3-4-6-17(16)21/h3-9,14H,10-11H2,1-2H3,(H,22,26)(H,23,27)/t14-/m1/s1. The molecule has 1 aliphatic rings. The zero-order chi connectivity index (χ0) is 19.6. The van der Waals surface area contributed by atoms with Crippen LogP contribution in [0, 0.1) is 19.8 Å². The molecule has 7 heteroatoms. The van der Waals surface area contributed by atoms with Crippen molar-refractivity contribution in [3.63, 3.8) is 0 Å². The molecule has 3 amide bonds. The average molecular weight is 386 g/mol. The summed E-state index contributed by atoms with van der Waals surface area (Å²) in [6, 6.07) is 12.4. The third kappa shape index (κ3) is 4.28. The number of benzene rings is 2. The monoisotopic (exact) mass is 385 g/mol. The molecule has 27 heavy (non-hydrogen) atoms. The van der Waals surface area contributed by atoms with E-state index in [0.717, 1.165) is 16.8 Å². The summed E-state index contributed by atoms with van der Waals surface area (Å²) in [7, 11) is 0. The number of rotatable bonds is 3. The number of nitrogens with zero attached hydrogens (tertiary/aromatic N) is 1. The second-order valence-corrected chi connectivity index (χ2v) is 7.08. The van der Waals surface area contributed by atoms with E-state index in [1.54, 1.807) is 29.2 Å². The first-order valence-corrected chi connectivity index (χ1v) is 8.96. The van der Waals surface area contributed by atoms with Gasteiger partial charge in [0, 0.05) is 18.7 Å². The van der Waals surface area contributed by atoms with Crippen molar-refractivity contribution in [1.29, 1.82) is 0 Å². The van der Waals surface area contributed by atoms with Crippen LogP contribution in [0.4, 0.5) is 5.69 Å². The van der Waals surface area contributed by atoms with Gasteiger partial charge >= 0.3 is 0 Å². The number of aryl methyl sites for hydroxylation is 2. The molecule has 3 rings (SSSR count). The summed E-state index contributed by atoms with van der Waals surface area (Å²) < 4.78 is 0. The van der Waals surface area contributed by atoms with Crippen molar-refractivity contribution >= 4 is 35.0 Å². The van der Waals surface area contributed by atoms with Crippen LogP contribution in [0.2, 0.25) is 5.02 Å². The topological polar surface area (TPSA) is 78.5 Å². The van der Waals surface area contributed by atoms with Crippen molar-refractivity contribution in [2.24, 2.45) is 5.92 Å². The maximum absolute atomic E-state index is 12.4. The van der Waals surface area contributed by atoms with Crippen LogP contribution in [0.5, 0.6) is 0 Å². The maximum Gasteiger partial charge on any atom is 0.271 e. The molecule has 6 nitrogen and oxygen atoms in total. The molecule has 0 bridgehead atoms. The zero-order valence-corrected chi connectivity index (χ0v) is 15.8. The summed E-state index contributed by atoms with van der Waals surface area (Å²) in [5.74, 6) is -1.57. The molecule has 140 valence electrons. The molecule has 1 fully saturated rings. The summed E-state index contributed by atoms with van der Waals surface area (Å²) in [4.78, 5) is 38.5. The summed E-state index contributed by atoms with van der Waals surface area (Å²) in [6.07, 6.45) is 0.0980. The molecule has 1 atom stereocenters. The van der Waals surface area contributed by atoms with Crippen molar-refractivity contribution in [2.45, 2.75) is 20.3 Å². The summed E-state index contributed by atoms with van der Waals surface area (Å²) in [5, 5.41) is 0.293. The van der Waals surface area contributed by atoms with Crippen LogP contribution < -0.4 is 15.8 Å². The minimum Gasteiger partial charge on any atom is -0.312 e. The molecular formula is C20H20ClN3O3. The molecular weight excluding hydrogens is 366 g/mol. The van der Waals surface area contributed by atoms with Gasteiger partial charge < -0.3 is 4.90 Å². The van der Waals surface area contributed by atoms with Crippen LogP contribution in [0.25, 0.3) is 0 Å². The fourth-order valence-corrected chi connectivity index (χ4v) is 3.39. The summed E-state index contributed by atoms with van der Waals surface area (Å²) in [6.45, 7) is 4.20. The molecule has 0 spiro atoms. The lowest BCUT2D eigenvalue weighted by molar-refractivity contribution is -0.126. The Morgan fingerprint density at radius 3 is 2.41 bits per heavy atom. The zero-order valence-electron chi connectivity index (χ0n) is 15.1. The van der Waals surface area contributed by atoms with E-state index in [0.29, 0.717) is 5.02 Å². The third-order valence-electron chi connectivity index (χ3n) is 4.43. The number of amides is 3. The second-order valence-electron chi connectivity index (χ2n) is 6.67. The number of halogens is 1. The van der Waals surface area contributed by atoms with Gasteiger partial charge in [0.1, 0.15) is 0 Å². The van der Waals surface area contributed by atoms with Crippen molar-refractivity contribution in [3.8, 4) is 0 Å². The van der Waals surface area contributed by atoms with E-state index in [-0.39, 0.29) is 24.4 Å². The van der Waals surface area contributed by atoms with E-state index in [1.807, 2.05) is 32.0 Å². The first kappa shape index (κ1) is 18.9. The SMILES string of the molecule is Cc1cc(C)cc(N2C[C@H](C(=O)NNC(=O)c3ccccc3Cl)CC2=O)c1. The van der Waals surface area contributed by atoms with Crippen LogP contribution in [-0.4, -0.2) is 24.3 Å². The Morgan fingerprint density at radius 2 is 1.74 bits per heavy atom. The summed E-state index contributed by atoms with van der Waals surface area (Å²) >= 11 is 5.97. The lowest BCUT2D eigenvalue weighted by Gasteiger charge is -2.18. The number of carbonyl (C=O) groups is 3. The average Bonchev–Trinajstić information content (AvgIpc) is 3.01. The minimum absolute atomic E-state index is 0.0980. The van der Waals surface area contributed by atoms with E-state index in [1.165, 1.54) is 0 Å². The molecule has 0 aliphatic carbocycles. The van der Waals surface area contributed by atoms with Gasteiger partial charge in [0.2, 0.25) is 11.8 Å². The van der Waals surface area contributed by atoms with Gasteiger partial charge in [-0.3, -0.25) is 25.2 Å². The fraction of sp³-hybridized carbons (Fsp3) is 0.250. The smallest absolute Gasteiger partial charge is 0.271 e. The van der Waals surface area contributed by atoms with Crippen molar-refractivity contribution in [3.05, 3.63) is 64.2 Å². The van der Waals surface area contributed by atoms with Gasteiger partial charge in [0.25, 0.3) is 5.91 Å². The Labute approximate surface area is 162 Å². The summed E-state index contributed by atoms with van der Waals surface area (Å²) in [5.41, 5.74) is 7.90. The Kier molecular flexibility index (Phi) is 5.46. The Morgan fingerprint density at radius 1 is 1.07 bits per heavy atom. The lowest BCUT2D eigenvalue weighted by Crippen LogP contribution is -2.45. The quantitative estimate of drug-likeness (QED) is 0.797. The third-order valence-corrected chi connectivity index (χ3v) is 4.76. The number of anilines is 1. The maximum atomic E-state index is 12.4. The van der Waals surface area contributed by atoms with Gasteiger partial charge in [-0.05, 0) is 49.2 Å². The molecule has 0 aromatic heterocycles. The van der Waals surface area contributed by atoms with Gasteiger partial charge in [-0.15, -0.1) is 0 Å². The highest BCUT2D eigenvalue weighted by atomic mass is 35.5. The van der Waals surface area contributed by atoms with E-state index >= 15 is 0 Å². The number of carbonyl (C=O) groups excluding carboxylic acids is 3. The van der Waals surface area contributed by atoms with Crippen molar-refractivity contribution in [2.75, 3.05) is 11.4 Å². The minimum atomic E-state index is -0.537. The Bertz CT molecular complexity index is 893. The predicted octanol–water partition coefficient (Wildman–Crippen LogP) is 2.77. The van der Waals surface area contributed by atoms with Crippen LogP contribution >= 0.6 is 11.6 Å². The van der Waals surface area contributed by atoms with Crippen molar-refractivity contribution < 1.29 is 14.4 Å². The lowest BCUT2D eigenvalue weighted by atomic mass is 10.1. The van der Waals surface area contributed by atoms with Gasteiger partial charge in [-0.2, -0.15) is 0 Å². The Hall–Kier alpha value is -2.86. The highest BCUT2D eigenvalue weighted by Gasteiger charge is 2.35. The normalized spacial score (nSPS) is 16.3. The number of nitrogens with one attached hydrogen (secondary N) is 2. The highest BCUT2D eigenvalue weighted by Crippen LogP contribution is 2.27. The van der Waals surface area contributed by atoms with E-state index in [2.05, 4.69) is 10.9 Å². The van der Waals surface area contributed by atoms with E-state index in [9.17, 15) is 14.4 Å². The van der Waals surface area contributed by atoms with Gasteiger partial charge in [0.15, 0.2) is 0 Å². The molecule has 0 unspecified atom stereocenters. The highest BCUT2D eigenvalue weighted by molar-refractivity contribution is 6.33. The number of hydrogen-bond donors (Lipinski definition) is 2. The van der Waals surface area contributed by atoms with Gasteiger partial charge in [-0.1, -0.05) is 29.8 Å². The van der Waals surface area contributed by atoms with E-state index in [4.69, 9.17) is 11.6 Å². The molecule has 0 radical (unpaired) electrons. The number of hydrazine groups is 1. The molecule has 0 saturated carbocycles. The molecule has 2 aromatic rings. The largest absolute Gasteiger partial charge is 0.312 e. The fourth-order valence-electron chi connectivity index (χ4n) is 3.17. The molecule has 1 saturated heterocycles. The molecule has 2 N–H and O–H groups in total. The molecule has 1 aliphatic heterocycles. The molecule has 1 heterocycles. The first-order chi connectivity index (χ1) is 12.8. The predicted molar refractivity (Wildman–Crippen MR) is 103 cm³/mol. The van der Waals surface area contributed by atoms with Crippen LogP contribution in [0.15, 0.2) is 42.5 Å². The second kappa shape index (κ2) is 7.80. The first-order valence-electron chi connectivity index (χ1n) is 8.58. The van der Waals surface area contributed by atoms with Crippen LogP contribution in [0.3, 0.4) is 0 Å². The van der Waals surface area contributed by atoms with Gasteiger partial charge in [0.05, 0.1) is 16.5 Å². The number of hydrogen-bond acceptors (Lipinski definition) is 3. The van der Waals surface area contributed by atoms with Crippen LogP contribution in [0.1, 0.15) is 27.9 Å². The van der Waals surface area contributed by atoms with Gasteiger partial charge in [-0.25, -0.2) is 0 Å². The van der Waals surface area contributed by atoms with Crippen molar-refractivity contribution in [1.82, 2.24) is 10.9 Å². The van der Waals surface area contributed by atoms with Crippen LogP contribution in [-0.2, 0) is 9.59 Å². The van der Waals surface area contributed by atoms with E-state index < -0.39 is 17.7 Å².